The lowest BCUT2D eigenvalue weighted by Crippen LogP contribution is -2.04. The van der Waals surface area contributed by atoms with E-state index >= 15 is 0 Å². The van der Waals surface area contributed by atoms with Crippen LogP contribution < -0.4 is 18.5 Å². The van der Waals surface area contributed by atoms with Crippen molar-refractivity contribution in [1.29, 1.82) is 0 Å². The topological polar surface area (TPSA) is 105 Å². The second kappa shape index (κ2) is 30.5. The van der Waals surface area contributed by atoms with Crippen LogP contribution in [0.3, 0.4) is 0 Å². The van der Waals surface area contributed by atoms with Crippen LogP contribution in [0, 0.1) is 0 Å². The first-order valence-electron chi connectivity index (χ1n) is 3.35. The van der Waals surface area contributed by atoms with Gasteiger partial charge < -0.3 is 18.5 Å². The minimum Gasteiger partial charge on any atom is -0.344 e. The van der Waals surface area contributed by atoms with Gasteiger partial charge in [0.2, 0.25) is 0 Å². The molecule has 0 spiro atoms. The third-order valence-corrected chi connectivity index (χ3v) is 1.73. The zero-order valence-corrected chi connectivity index (χ0v) is 8.97. The molecule has 0 fully saturated rings. The summed E-state index contributed by atoms with van der Waals surface area (Å²) < 4.78 is 0. The normalized spacial score (nSPS) is 5.25. The third-order valence-electron chi connectivity index (χ3n) is 1.73. The first kappa shape index (κ1) is 40.1. The quantitative estimate of drug-likeness (QED) is 0.566. The molecule has 0 atom stereocenters. The first-order chi connectivity index (χ1) is 3.35. The lowest BCUT2D eigenvalue weighted by molar-refractivity contribution is 1.24. The van der Waals surface area contributed by atoms with E-state index in [0.717, 1.165) is 6.71 Å². The highest BCUT2D eigenvalue weighted by Gasteiger charge is 2.01. The van der Waals surface area contributed by atoms with Gasteiger partial charge in [0.25, 0.3) is 0 Å². The maximum absolute atomic E-state index is 2.26. The van der Waals surface area contributed by atoms with Crippen LogP contribution >= 0.6 is 0 Å². The Morgan fingerprint density at radius 3 is 0.833 bits per heavy atom. The highest BCUT2D eigenvalue weighted by Crippen LogP contribution is 2.01. The van der Waals surface area contributed by atoms with Crippen molar-refractivity contribution in [2.75, 3.05) is 0 Å². The van der Waals surface area contributed by atoms with Gasteiger partial charge in [-0.25, -0.2) is 0 Å². The van der Waals surface area contributed by atoms with E-state index in [1.807, 2.05) is 0 Å². The van der Waals surface area contributed by atoms with Crippen molar-refractivity contribution in [3.63, 3.8) is 0 Å². The molecule has 3 nitrogen and oxygen atoms in total. The number of hydrogen-bond acceptors (Lipinski definition) is 3. The van der Waals surface area contributed by atoms with Gasteiger partial charge in [0.05, 0.1) is 0 Å². The Bertz CT molecular complexity index is 39.5. The molecule has 6 radical (unpaired) electrons. The predicted octanol–water partition coefficient (Wildman–Crippen LogP) is 2.27. The Morgan fingerprint density at radius 2 is 0.833 bits per heavy atom. The van der Waals surface area contributed by atoms with Crippen LogP contribution in [0.15, 0.2) is 0 Å². The molecule has 0 aromatic rings. The highest BCUT2D eigenvalue weighted by molar-refractivity contribution is 6.58. The van der Waals surface area contributed by atoms with Crippen molar-refractivity contribution in [2.24, 2.45) is 0 Å². The SMILES string of the molecule is CCB(CC)CC.N.N.N.[B].[B]. The van der Waals surface area contributed by atoms with Crippen LogP contribution in [-0.2, 0) is 0 Å². The monoisotopic (exact) mass is 171 g/mol. The molecular formula is C6H24B3N3. The largest absolute Gasteiger partial charge is 0.344 e. The van der Waals surface area contributed by atoms with Gasteiger partial charge in [0, 0.05) is 16.8 Å². The Morgan fingerprint density at radius 1 is 0.667 bits per heavy atom. The van der Waals surface area contributed by atoms with Crippen LogP contribution in [0.4, 0.5) is 0 Å². The molecule has 0 saturated carbocycles. The zero-order valence-electron chi connectivity index (χ0n) is 8.97. The fraction of sp³-hybridized carbons (Fsp3) is 1.00. The minimum atomic E-state index is 0. The molecule has 6 heteroatoms. The van der Waals surface area contributed by atoms with Crippen LogP contribution in [0.1, 0.15) is 20.8 Å². The minimum absolute atomic E-state index is 0. The van der Waals surface area contributed by atoms with Gasteiger partial charge in [-0.05, 0) is 0 Å². The molecule has 0 heterocycles. The van der Waals surface area contributed by atoms with Crippen molar-refractivity contribution in [1.82, 2.24) is 18.5 Å². The summed E-state index contributed by atoms with van der Waals surface area (Å²) in [5.74, 6) is 0. The fourth-order valence-corrected chi connectivity index (χ4v) is 0.866. The summed E-state index contributed by atoms with van der Waals surface area (Å²) in [6, 6.07) is 0. The van der Waals surface area contributed by atoms with Gasteiger partial charge in [-0.15, -0.1) is 0 Å². The molecule has 0 aliphatic rings. The highest BCUT2D eigenvalue weighted by atomic mass is 14.0. The van der Waals surface area contributed by atoms with E-state index in [-0.39, 0.29) is 35.3 Å². The molecule has 0 aliphatic carbocycles. The van der Waals surface area contributed by atoms with E-state index in [4.69, 9.17) is 0 Å². The molecule has 12 heavy (non-hydrogen) atoms. The maximum Gasteiger partial charge on any atom is 0.139 e. The summed E-state index contributed by atoms with van der Waals surface area (Å²) >= 11 is 0. The van der Waals surface area contributed by atoms with Crippen molar-refractivity contribution >= 4 is 23.5 Å². The molecule has 0 saturated heterocycles. The van der Waals surface area contributed by atoms with Crippen LogP contribution in [0.2, 0.25) is 19.0 Å². The van der Waals surface area contributed by atoms with Gasteiger partial charge in [-0.3, -0.25) is 0 Å². The summed E-state index contributed by atoms with van der Waals surface area (Å²) in [6.07, 6.45) is 4.06. The molecule has 0 rings (SSSR count). The molecule has 9 N–H and O–H groups in total. The van der Waals surface area contributed by atoms with Crippen molar-refractivity contribution in [2.45, 2.75) is 39.7 Å². The molecule has 0 aliphatic heterocycles. The summed E-state index contributed by atoms with van der Waals surface area (Å²) in [6.45, 7) is 7.77. The Balaban J connectivity index is -0.0000000180. The average molecular weight is 171 g/mol. The third kappa shape index (κ3) is 22.5. The van der Waals surface area contributed by atoms with E-state index in [1.165, 1.54) is 19.0 Å². The molecule has 0 bridgehead atoms. The fourth-order valence-electron chi connectivity index (χ4n) is 0.866. The van der Waals surface area contributed by atoms with E-state index < -0.39 is 0 Å². The first-order valence-corrected chi connectivity index (χ1v) is 3.35. The summed E-state index contributed by atoms with van der Waals surface area (Å²) in [4.78, 5) is 0. The van der Waals surface area contributed by atoms with E-state index in [1.54, 1.807) is 0 Å². The van der Waals surface area contributed by atoms with Gasteiger partial charge in [-0.1, -0.05) is 39.7 Å². The van der Waals surface area contributed by atoms with E-state index in [2.05, 4.69) is 20.8 Å². The molecule has 0 aromatic heterocycles. The van der Waals surface area contributed by atoms with Crippen molar-refractivity contribution in [3.05, 3.63) is 0 Å². The van der Waals surface area contributed by atoms with Crippen LogP contribution in [0.5, 0.6) is 0 Å². The van der Waals surface area contributed by atoms with Gasteiger partial charge >= 0.3 is 0 Å². The molecular weight excluding hydrogens is 147 g/mol. The van der Waals surface area contributed by atoms with E-state index in [9.17, 15) is 0 Å². The van der Waals surface area contributed by atoms with Crippen molar-refractivity contribution < 1.29 is 0 Å². The predicted molar refractivity (Wildman–Crippen MR) is 63.8 cm³/mol. The summed E-state index contributed by atoms with van der Waals surface area (Å²) in [5.41, 5.74) is 0. The van der Waals surface area contributed by atoms with Crippen LogP contribution in [-0.4, -0.2) is 23.5 Å². The smallest absolute Gasteiger partial charge is 0.139 e. The molecule has 0 unspecified atom stereocenters. The standard InChI is InChI=1S/C6H15B.2B.3H3N/c1-4-7(5-2)6-3;;;;;/h4-6H2,1-3H3;;;3*1H3. The van der Waals surface area contributed by atoms with Crippen molar-refractivity contribution in [3.8, 4) is 0 Å². The van der Waals surface area contributed by atoms with E-state index in [0.29, 0.717) is 0 Å². The zero-order chi connectivity index (χ0) is 5.70. The lowest BCUT2D eigenvalue weighted by Gasteiger charge is -2.00. The lowest BCUT2D eigenvalue weighted by atomic mass is 9.44. The second-order valence-corrected chi connectivity index (χ2v) is 2.09. The Kier molecular flexibility index (Phi) is 102. The van der Waals surface area contributed by atoms with Crippen LogP contribution in [0.25, 0.3) is 0 Å². The van der Waals surface area contributed by atoms with Gasteiger partial charge in [0.15, 0.2) is 0 Å². The number of rotatable bonds is 3. The maximum atomic E-state index is 2.26. The summed E-state index contributed by atoms with van der Waals surface area (Å²) in [7, 11) is 0. The Labute approximate surface area is 82.4 Å². The molecule has 72 valence electrons. The molecule has 0 amide bonds. The second-order valence-electron chi connectivity index (χ2n) is 2.09. The van der Waals surface area contributed by atoms with Gasteiger partial charge in [0.1, 0.15) is 6.71 Å². The van der Waals surface area contributed by atoms with Gasteiger partial charge in [-0.2, -0.15) is 0 Å². The Hall–Kier alpha value is 0.0748. The number of hydrogen-bond donors (Lipinski definition) is 3. The summed E-state index contributed by atoms with van der Waals surface area (Å²) in [5, 5.41) is 0. The average Bonchev–Trinajstić information content (AvgIpc) is 1.72. The molecule has 0 aromatic carbocycles.